The SMILES string of the molecule is CC(=O)c1nnn(CC(=O)Nc2cccc(C)c2C)c1C. The molecule has 6 nitrogen and oxygen atoms in total. The summed E-state index contributed by atoms with van der Waals surface area (Å²) in [7, 11) is 0. The van der Waals surface area contributed by atoms with Crippen molar-refractivity contribution in [2.45, 2.75) is 34.2 Å². The van der Waals surface area contributed by atoms with Gasteiger partial charge < -0.3 is 5.32 Å². The van der Waals surface area contributed by atoms with E-state index < -0.39 is 0 Å². The van der Waals surface area contributed by atoms with Gasteiger partial charge in [-0.1, -0.05) is 17.3 Å². The molecule has 1 amide bonds. The van der Waals surface area contributed by atoms with Crippen LogP contribution >= 0.6 is 0 Å². The highest BCUT2D eigenvalue weighted by molar-refractivity contribution is 5.94. The van der Waals surface area contributed by atoms with Crippen LogP contribution in [-0.4, -0.2) is 26.7 Å². The molecule has 0 atom stereocenters. The number of hydrogen-bond donors (Lipinski definition) is 1. The first kappa shape index (κ1) is 14.9. The zero-order valence-corrected chi connectivity index (χ0v) is 12.6. The summed E-state index contributed by atoms with van der Waals surface area (Å²) >= 11 is 0. The van der Waals surface area contributed by atoms with Gasteiger partial charge in [-0.15, -0.1) is 5.10 Å². The van der Waals surface area contributed by atoms with Crippen LogP contribution in [0.5, 0.6) is 0 Å². The van der Waals surface area contributed by atoms with Crippen molar-refractivity contribution in [3.63, 3.8) is 0 Å². The predicted octanol–water partition coefficient (Wildman–Crippen LogP) is 2.04. The number of carbonyl (C=O) groups excluding carboxylic acids is 2. The molecule has 0 aliphatic carbocycles. The lowest BCUT2D eigenvalue weighted by molar-refractivity contribution is -0.117. The molecule has 6 heteroatoms. The fourth-order valence-corrected chi connectivity index (χ4v) is 2.05. The molecule has 2 aromatic rings. The second-order valence-electron chi connectivity index (χ2n) is 5.03. The van der Waals surface area contributed by atoms with E-state index in [0.717, 1.165) is 16.8 Å². The van der Waals surface area contributed by atoms with Gasteiger partial charge in [0.05, 0.1) is 5.69 Å². The minimum atomic E-state index is -0.202. The van der Waals surface area contributed by atoms with Gasteiger partial charge in [-0.3, -0.25) is 9.59 Å². The molecule has 0 saturated heterocycles. The average Bonchev–Trinajstić information content (AvgIpc) is 2.77. The van der Waals surface area contributed by atoms with E-state index in [1.165, 1.54) is 11.6 Å². The Labute approximate surface area is 123 Å². The topological polar surface area (TPSA) is 76.9 Å². The second kappa shape index (κ2) is 5.87. The number of rotatable bonds is 4. The molecule has 21 heavy (non-hydrogen) atoms. The highest BCUT2D eigenvalue weighted by atomic mass is 16.2. The van der Waals surface area contributed by atoms with Crippen LogP contribution in [-0.2, 0) is 11.3 Å². The molecule has 0 unspecified atom stereocenters. The van der Waals surface area contributed by atoms with Gasteiger partial charge in [0.2, 0.25) is 5.91 Å². The molecule has 0 spiro atoms. The summed E-state index contributed by atoms with van der Waals surface area (Å²) in [6.07, 6.45) is 0. The minimum Gasteiger partial charge on any atom is -0.324 e. The largest absolute Gasteiger partial charge is 0.324 e. The summed E-state index contributed by atoms with van der Waals surface area (Å²) in [4.78, 5) is 23.4. The number of benzene rings is 1. The third-order valence-corrected chi connectivity index (χ3v) is 3.49. The van der Waals surface area contributed by atoms with E-state index in [0.29, 0.717) is 11.4 Å². The Hall–Kier alpha value is -2.50. The number of amides is 1. The van der Waals surface area contributed by atoms with Crippen molar-refractivity contribution < 1.29 is 9.59 Å². The molecule has 1 aromatic heterocycles. The van der Waals surface area contributed by atoms with Gasteiger partial charge in [0.15, 0.2) is 11.5 Å². The molecule has 110 valence electrons. The molecular formula is C15H18N4O2. The van der Waals surface area contributed by atoms with E-state index in [1.807, 2.05) is 32.0 Å². The maximum Gasteiger partial charge on any atom is 0.246 e. The second-order valence-corrected chi connectivity index (χ2v) is 5.03. The number of hydrogen-bond acceptors (Lipinski definition) is 4. The van der Waals surface area contributed by atoms with Crippen LogP contribution in [0.4, 0.5) is 5.69 Å². The summed E-state index contributed by atoms with van der Waals surface area (Å²) in [6, 6.07) is 5.74. The molecule has 1 N–H and O–H groups in total. The van der Waals surface area contributed by atoms with Gasteiger partial charge in [-0.25, -0.2) is 4.68 Å². The number of nitrogens with one attached hydrogen (secondary N) is 1. The summed E-state index contributed by atoms with van der Waals surface area (Å²) in [5.41, 5.74) is 3.83. The molecule has 0 bridgehead atoms. The fourth-order valence-electron chi connectivity index (χ4n) is 2.05. The molecule has 0 fully saturated rings. The average molecular weight is 286 g/mol. The standard InChI is InChI=1S/C15H18N4O2/c1-9-6-5-7-13(10(9)2)16-14(21)8-19-11(3)15(12(4)20)17-18-19/h5-7H,8H2,1-4H3,(H,16,21). The number of nitrogens with zero attached hydrogens (tertiary/aromatic N) is 3. The number of Topliss-reactive ketones (excluding diaryl/α,β-unsaturated/α-hetero) is 1. The van der Waals surface area contributed by atoms with E-state index in [4.69, 9.17) is 0 Å². The Kier molecular flexibility index (Phi) is 4.16. The smallest absolute Gasteiger partial charge is 0.246 e. The van der Waals surface area contributed by atoms with E-state index in [1.54, 1.807) is 6.92 Å². The van der Waals surface area contributed by atoms with Gasteiger partial charge >= 0.3 is 0 Å². The number of carbonyl (C=O) groups is 2. The maximum absolute atomic E-state index is 12.1. The molecule has 2 rings (SSSR count). The Balaban J connectivity index is 2.12. The molecular weight excluding hydrogens is 268 g/mol. The molecule has 0 aliphatic rings. The third-order valence-electron chi connectivity index (χ3n) is 3.49. The zero-order chi connectivity index (χ0) is 15.6. The summed E-state index contributed by atoms with van der Waals surface area (Å²) in [5, 5.41) is 10.5. The van der Waals surface area contributed by atoms with Crippen molar-refractivity contribution in [3.8, 4) is 0 Å². The number of anilines is 1. The lowest BCUT2D eigenvalue weighted by Gasteiger charge is -2.10. The van der Waals surface area contributed by atoms with Gasteiger partial charge in [0.25, 0.3) is 0 Å². The number of aromatic nitrogens is 3. The van der Waals surface area contributed by atoms with E-state index in [2.05, 4.69) is 15.6 Å². The van der Waals surface area contributed by atoms with Crippen LogP contribution in [0.15, 0.2) is 18.2 Å². The van der Waals surface area contributed by atoms with Crippen molar-refractivity contribution in [3.05, 3.63) is 40.7 Å². The number of aryl methyl sites for hydroxylation is 1. The quantitative estimate of drug-likeness (QED) is 0.873. The Morgan fingerprint density at radius 2 is 1.95 bits per heavy atom. The van der Waals surface area contributed by atoms with Crippen molar-refractivity contribution in [2.75, 3.05) is 5.32 Å². The predicted molar refractivity (Wildman–Crippen MR) is 79.3 cm³/mol. The fraction of sp³-hybridized carbons (Fsp3) is 0.333. The van der Waals surface area contributed by atoms with Crippen LogP contribution in [0.1, 0.15) is 34.2 Å². The Morgan fingerprint density at radius 1 is 1.24 bits per heavy atom. The van der Waals surface area contributed by atoms with Crippen molar-refractivity contribution in [1.82, 2.24) is 15.0 Å². The van der Waals surface area contributed by atoms with Crippen LogP contribution in [0.3, 0.4) is 0 Å². The lowest BCUT2D eigenvalue weighted by atomic mass is 10.1. The molecule has 0 radical (unpaired) electrons. The van der Waals surface area contributed by atoms with Gasteiger partial charge in [-0.05, 0) is 38.0 Å². The summed E-state index contributed by atoms with van der Waals surface area (Å²) < 4.78 is 1.43. The highest BCUT2D eigenvalue weighted by Gasteiger charge is 2.15. The number of ketones is 1. The van der Waals surface area contributed by atoms with Gasteiger partial charge in [0, 0.05) is 12.6 Å². The first-order chi connectivity index (χ1) is 9.90. The normalized spacial score (nSPS) is 10.5. The zero-order valence-electron chi connectivity index (χ0n) is 12.6. The molecule has 0 aliphatic heterocycles. The van der Waals surface area contributed by atoms with Crippen LogP contribution in [0.25, 0.3) is 0 Å². The van der Waals surface area contributed by atoms with Crippen molar-refractivity contribution >= 4 is 17.4 Å². The van der Waals surface area contributed by atoms with Crippen LogP contribution in [0, 0.1) is 20.8 Å². The van der Waals surface area contributed by atoms with E-state index in [-0.39, 0.29) is 18.2 Å². The van der Waals surface area contributed by atoms with Crippen LogP contribution in [0.2, 0.25) is 0 Å². The minimum absolute atomic E-state index is 0.0273. The van der Waals surface area contributed by atoms with E-state index >= 15 is 0 Å². The molecule has 1 heterocycles. The molecule has 0 saturated carbocycles. The van der Waals surface area contributed by atoms with Gasteiger partial charge in [0.1, 0.15) is 6.54 Å². The first-order valence-electron chi connectivity index (χ1n) is 6.67. The Morgan fingerprint density at radius 3 is 2.57 bits per heavy atom. The first-order valence-corrected chi connectivity index (χ1v) is 6.67. The molecule has 1 aromatic carbocycles. The maximum atomic E-state index is 12.1. The van der Waals surface area contributed by atoms with Crippen molar-refractivity contribution in [1.29, 1.82) is 0 Å². The summed E-state index contributed by atoms with van der Waals surface area (Å²) in [5.74, 6) is -0.361. The third kappa shape index (κ3) is 3.16. The Bertz CT molecular complexity index is 704. The lowest BCUT2D eigenvalue weighted by Crippen LogP contribution is -2.21. The van der Waals surface area contributed by atoms with E-state index in [9.17, 15) is 9.59 Å². The van der Waals surface area contributed by atoms with Crippen LogP contribution < -0.4 is 5.32 Å². The summed E-state index contributed by atoms with van der Waals surface area (Å²) in [6.45, 7) is 7.13. The highest BCUT2D eigenvalue weighted by Crippen LogP contribution is 2.18. The van der Waals surface area contributed by atoms with Crippen molar-refractivity contribution in [2.24, 2.45) is 0 Å². The monoisotopic (exact) mass is 286 g/mol. The van der Waals surface area contributed by atoms with Gasteiger partial charge in [-0.2, -0.15) is 0 Å².